The fourth-order valence-electron chi connectivity index (χ4n) is 3.62. The second-order valence-electron chi connectivity index (χ2n) is 6.35. The topological polar surface area (TPSA) is 78.1 Å². The summed E-state index contributed by atoms with van der Waals surface area (Å²) < 4.78 is 21.8. The first-order valence-corrected chi connectivity index (χ1v) is 9.10. The van der Waals surface area contributed by atoms with Gasteiger partial charge in [0.05, 0.1) is 31.0 Å². The fraction of sp³-hybridized carbons (Fsp3) is 0.286. The normalized spacial score (nSPS) is 17.0. The number of hydrogen-bond donors (Lipinski definition) is 2. The van der Waals surface area contributed by atoms with E-state index < -0.39 is 12.0 Å². The lowest BCUT2D eigenvalue weighted by Crippen LogP contribution is -2.31. The second kappa shape index (κ2) is 7.44. The lowest BCUT2D eigenvalue weighted by Gasteiger charge is -2.32. The van der Waals surface area contributed by atoms with Crippen LogP contribution in [0.3, 0.4) is 0 Å². The molecule has 7 nitrogen and oxygen atoms in total. The van der Waals surface area contributed by atoms with Crippen LogP contribution in [-0.2, 0) is 9.53 Å². The summed E-state index contributed by atoms with van der Waals surface area (Å²) in [6.07, 6.45) is 0. The highest BCUT2D eigenvalue weighted by molar-refractivity contribution is 6.04. The molecule has 0 saturated heterocycles. The molecule has 0 fully saturated rings. The number of hydrogen-bond acceptors (Lipinski definition) is 7. The zero-order chi connectivity index (χ0) is 19.7. The molecule has 0 bridgehead atoms. The van der Waals surface area contributed by atoms with Crippen LogP contribution < -0.4 is 24.8 Å². The van der Waals surface area contributed by atoms with Gasteiger partial charge in [0.25, 0.3) is 0 Å². The van der Waals surface area contributed by atoms with Crippen LogP contribution in [0.15, 0.2) is 42.0 Å². The predicted molar refractivity (Wildman–Crippen MR) is 105 cm³/mol. The molecular weight excluding hydrogens is 360 g/mol. The summed E-state index contributed by atoms with van der Waals surface area (Å²) in [5, 5.41) is 6.64. The molecule has 0 amide bonds. The molecule has 2 aliphatic heterocycles. The van der Waals surface area contributed by atoms with E-state index in [-0.39, 0.29) is 13.4 Å². The van der Waals surface area contributed by atoms with Crippen molar-refractivity contribution >= 4 is 17.4 Å². The summed E-state index contributed by atoms with van der Waals surface area (Å²) >= 11 is 0. The zero-order valence-electron chi connectivity index (χ0n) is 16.0. The lowest BCUT2D eigenvalue weighted by atomic mass is 9.88. The summed E-state index contributed by atoms with van der Waals surface area (Å²) in [5.74, 6) is 1.63. The van der Waals surface area contributed by atoms with Crippen LogP contribution in [0.1, 0.15) is 24.1 Å². The van der Waals surface area contributed by atoms with Crippen LogP contribution in [0.25, 0.3) is 5.70 Å². The van der Waals surface area contributed by atoms with E-state index in [4.69, 9.17) is 18.9 Å². The standard InChI is InChI=1S/C21H22N2O5/c1-4-26-21(24)18-19(12-8-9-14-16(10-12)28-11-27-14)23-13-6-5-7-15(25-3)17(13)20(18)22-2/h5-10,20,22-23H,4,11H2,1-3H3. The molecule has 28 heavy (non-hydrogen) atoms. The van der Waals surface area contributed by atoms with Crippen molar-refractivity contribution in [3.8, 4) is 17.2 Å². The SMILES string of the molecule is CCOC(=O)C1=C(c2ccc3c(c2)OCO3)Nc2cccc(OC)c2C1NC. The highest BCUT2D eigenvalue weighted by Crippen LogP contribution is 2.45. The van der Waals surface area contributed by atoms with E-state index in [1.54, 1.807) is 14.0 Å². The van der Waals surface area contributed by atoms with Gasteiger partial charge in [-0.25, -0.2) is 4.79 Å². The third-order valence-electron chi connectivity index (χ3n) is 4.84. The Morgan fingerprint density at radius 1 is 1.25 bits per heavy atom. The average molecular weight is 382 g/mol. The lowest BCUT2D eigenvalue weighted by molar-refractivity contribution is -0.138. The Kier molecular flexibility index (Phi) is 4.83. The number of carbonyl (C=O) groups is 1. The molecule has 2 aromatic rings. The Hall–Kier alpha value is -3.19. The number of fused-ring (bicyclic) bond motifs is 2. The number of rotatable bonds is 5. The van der Waals surface area contributed by atoms with Gasteiger partial charge in [0.15, 0.2) is 11.5 Å². The Labute approximate surface area is 163 Å². The zero-order valence-corrected chi connectivity index (χ0v) is 16.0. The van der Waals surface area contributed by atoms with Gasteiger partial charge < -0.3 is 29.6 Å². The smallest absolute Gasteiger partial charge is 0.338 e. The summed E-state index contributed by atoms with van der Waals surface area (Å²) in [4.78, 5) is 12.9. The first kappa shape index (κ1) is 18.2. The number of anilines is 1. The number of ether oxygens (including phenoxy) is 4. The Morgan fingerprint density at radius 3 is 2.82 bits per heavy atom. The monoisotopic (exact) mass is 382 g/mol. The van der Waals surface area contributed by atoms with E-state index in [0.29, 0.717) is 28.5 Å². The van der Waals surface area contributed by atoms with Crippen molar-refractivity contribution in [2.75, 3.05) is 32.9 Å². The average Bonchev–Trinajstić information content (AvgIpc) is 3.19. The van der Waals surface area contributed by atoms with Gasteiger partial charge in [-0.2, -0.15) is 0 Å². The summed E-state index contributed by atoms with van der Waals surface area (Å²) in [7, 11) is 3.42. The first-order chi connectivity index (χ1) is 13.7. The summed E-state index contributed by atoms with van der Waals surface area (Å²) in [5.41, 5.74) is 3.68. The van der Waals surface area contributed by atoms with Crippen LogP contribution in [0.5, 0.6) is 17.2 Å². The molecule has 2 aromatic carbocycles. The number of carbonyl (C=O) groups excluding carboxylic acids is 1. The van der Waals surface area contributed by atoms with E-state index in [1.807, 2.05) is 43.4 Å². The maximum atomic E-state index is 12.9. The largest absolute Gasteiger partial charge is 0.496 e. The van der Waals surface area contributed by atoms with Crippen molar-refractivity contribution < 1.29 is 23.7 Å². The van der Waals surface area contributed by atoms with Gasteiger partial charge >= 0.3 is 5.97 Å². The van der Waals surface area contributed by atoms with Gasteiger partial charge in [0.2, 0.25) is 6.79 Å². The van der Waals surface area contributed by atoms with Gasteiger partial charge in [-0.3, -0.25) is 0 Å². The number of likely N-dealkylation sites (N-methyl/N-ethyl adjacent to an activating group) is 1. The third kappa shape index (κ3) is 2.93. The van der Waals surface area contributed by atoms with E-state index in [9.17, 15) is 4.79 Å². The van der Waals surface area contributed by atoms with Crippen molar-refractivity contribution in [3.05, 3.63) is 53.1 Å². The number of methoxy groups -OCH3 is 1. The molecule has 2 N–H and O–H groups in total. The molecule has 2 aliphatic rings. The van der Waals surface area contributed by atoms with Crippen LogP contribution in [-0.4, -0.2) is 33.5 Å². The number of benzene rings is 2. The van der Waals surface area contributed by atoms with Gasteiger partial charge in [-0.05, 0) is 44.3 Å². The maximum Gasteiger partial charge on any atom is 0.338 e. The molecule has 0 aliphatic carbocycles. The Bertz CT molecular complexity index is 954. The van der Waals surface area contributed by atoms with Gasteiger partial charge in [-0.15, -0.1) is 0 Å². The molecule has 0 radical (unpaired) electrons. The van der Waals surface area contributed by atoms with E-state index in [0.717, 1.165) is 16.8 Å². The molecule has 0 saturated carbocycles. The molecule has 146 valence electrons. The first-order valence-electron chi connectivity index (χ1n) is 9.10. The molecule has 0 spiro atoms. The summed E-state index contributed by atoms with van der Waals surface area (Å²) in [6.45, 7) is 2.26. The Balaban J connectivity index is 1.90. The van der Waals surface area contributed by atoms with Crippen molar-refractivity contribution in [3.63, 3.8) is 0 Å². The molecule has 0 aromatic heterocycles. The molecule has 1 atom stereocenters. The van der Waals surface area contributed by atoms with Crippen molar-refractivity contribution in [2.24, 2.45) is 0 Å². The van der Waals surface area contributed by atoms with Crippen molar-refractivity contribution in [2.45, 2.75) is 13.0 Å². The number of esters is 1. The maximum absolute atomic E-state index is 12.9. The highest BCUT2D eigenvalue weighted by atomic mass is 16.7. The third-order valence-corrected chi connectivity index (χ3v) is 4.84. The minimum Gasteiger partial charge on any atom is -0.496 e. The van der Waals surface area contributed by atoms with Crippen molar-refractivity contribution in [1.82, 2.24) is 5.32 Å². The van der Waals surface area contributed by atoms with Crippen LogP contribution in [0.4, 0.5) is 5.69 Å². The minimum atomic E-state index is -0.396. The summed E-state index contributed by atoms with van der Waals surface area (Å²) in [6, 6.07) is 10.9. The van der Waals surface area contributed by atoms with Crippen molar-refractivity contribution in [1.29, 1.82) is 0 Å². The predicted octanol–water partition coefficient (Wildman–Crippen LogP) is 3.08. The molecule has 4 rings (SSSR count). The molecule has 2 heterocycles. The van der Waals surface area contributed by atoms with Gasteiger partial charge in [0.1, 0.15) is 5.75 Å². The number of nitrogens with one attached hydrogen (secondary N) is 2. The van der Waals surface area contributed by atoms with Crippen LogP contribution in [0.2, 0.25) is 0 Å². The molecule has 7 heteroatoms. The molecule has 1 unspecified atom stereocenters. The van der Waals surface area contributed by atoms with Crippen LogP contribution >= 0.6 is 0 Å². The van der Waals surface area contributed by atoms with Crippen LogP contribution in [0, 0.1) is 0 Å². The van der Waals surface area contributed by atoms with Gasteiger partial charge in [0, 0.05) is 16.8 Å². The second-order valence-corrected chi connectivity index (χ2v) is 6.35. The highest BCUT2D eigenvalue weighted by Gasteiger charge is 2.35. The van der Waals surface area contributed by atoms with E-state index in [2.05, 4.69) is 10.6 Å². The minimum absolute atomic E-state index is 0.190. The quantitative estimate of drug-likeness (QED) is 0.770. The Morgan fingerprint density at radius 2 is 2.07 bits per heavy atom. The van der Waals surface area contributed by atoms with E-state index in [1.165, 1.54) is 0 Å². The van der Waals surface area contributed by atoms with E-state index >= 15 is 0 Å². The van der Waals surface area contributed by atoms with Gasteiger partial charge in [-0.1, -0.05) is 6.07 Å². The fourth-order valence-corrected chi connectivity index (χ4v) is 3.62. The molecular formula is C21H22N2O5.